The summed E-state index contributed by atoms with van der Waals surface area (Å²) in [6.45, 7) is 1.14. The molecule has 2 nitrogen and oxygen atoms in total. The van der Waals surface area contributed by atoms with Gasteiger partial charge in [-0.25, -0.2) is 8.78 Å². The van der Waals surface area contributed by atoms with Crippen LogP contribution in [0.2, 0.25) is 0 Å². The molecule has 0 spiro atoms. The lowest BCUT2D eigenvalue weighted by molar-refractivity contribution is 0.0187. The maximum atomic E-state index is 11.7. The molecular formula is C9H12BrF2NOS. The van der Waals surface area contributed by atoms with Gasteiger partial charge in [0.25, 0.3) is 6.43 Å². The number of thiophene rings is 1. The smallest absolute Gasteiger partial charge is 0.261 e. The third kappa shape index (κ3) is 5.55. The van der Waals surface area contributed by atoms with E-state index >= 15 is 0 Å². The molecule has 0 unspecified atom stereocenters. The van der Waals surface area contributed by atoms with Gasteiger partial charge in [0.05, 0.1) is 6.61 Å². The van der Waals surface area contributed by atoms with Gasteiger partial charge in [-0.2, -0.15) is 0 Å². The highest BCUT2D eigenvalue weighted by Crippen LogP contribution is 2.21. The molecule has 0 fully saturated rings. The van der Waals surface area contributed by atoms with E-state index in [-0.39, 0.29) is 0 Å². The summed E-state index contributed by atoms with van der Waals surface area (Å²) in [5.41, 5.74) is 0. The van der Waals surface area contributed by atoms with Crippen molar-refractivity contribution in [3.05, 3.63) is 20.8 Å². The summed E-state index contributed by atoms with van der Waals surface area (Å²) in [7, 11) is 0. The Labute approximate surface area is 99.8 Å². The van der Waals surface area contributed by atoms with Gasteiger partial charge in [-0.3, -0.25) is 0 Å². The van der Waals surface area contributed by atoms with Crippen LogP contribution in [0.15, 0.2) is 15.9 Å². The summed E-state index contributed by atoms with van der Waals surface area (Å²) >= 11 is 5.06. The molecule has 1 heterocycles. The van der Waals surface area contributed by atoms with Gasteiger partial charge in [0.1, 0.15) is 6.61 Å². The fourth-order valence-electron chi connectivity index (χ4n) is 0.970. The monoisotopic (exact) mass is 299 g/mol. The van der Waals surface area contributed by atoms with Crippen LogP contribution in [0.25, 0.3) is 0 Å². The number of rotatable bonds is 7. The van der Waals surface area contributed by atoms with Crippen molar-refractivity contribution < 1.29 is 13.5 Å². The third-order valence-corrected chi connectivity index (χ3v) is 3.57. The molecule has 1 aromatic heterocycles. The first-order chi connectivity index (χ1) is 7.20. The number of alkyl halides is 2. The minimum Gasteiger partial charge on any atom is -0.374 e. The molecule has 0 radical (unpaired) electrons. The van der Waals surface area contributed by atoms with Crippen molar-refractivity contribution in [2.24, 2.45) is 0 Å². The molecule has 1 N–H and O–H groups in total. The van der Waals surface area contributed by atoms with Crippen molar-refractivity contribution >= 4 is 27.3 Å². The van der Waals surface area contributed by atoms with E-state index in [9.17, 15) is 8.78 Å². The summed E-state index contributed by atoms with van der Waals surface area (Å²) in [6.07, 6.45) is -2.38. The largest absolute Gasteiger partial charge is 0.374 e. The fourth-order valence-corrected chi connectivity index (χ4v) is 2.43. The van der Waals surface area contributed by atoms with E-state index in [1.54, 1.807) is 11.3 Å². The third-order valence-electron chi connectivity index (χ3n) is 1.64. The zero-order chi connectivity index (χ0) is 11.1. The average molecular weight is 300 g/mol. The van der Waals surface area contributed by atoms with E-state index in [0.717, 1.165) is 11.0 Å². The Bertz CT molecular complexity index is 283. The molecular weight excluding hydrogens is 288 g/mol. The predicted octanol–water partition coefficient (Wildman–Crippen LogP) is 2.88. The first-order valence-electron chi connectivity index (χ1n) is 4.48. The molecule has 0 aliphatic heterocycles. The minimum absolute atomic E-state index is 0.313. The minimum atomic E-state index is -2.38. The van der Waals surface area contributed by atoms with E-state index in [1.165, 1.54) is 4.88 Å². The van der Waals surface area contributed by atoms with Gasteiger partial charge < -0.3 is 10.1 Å². The van der Waals surface area contributed by atoms with Gasteiger partial charge in [-0.15, -0.1) is 11.3 Å². The fraction of sp³-hybridized carbons (Fsp3) is 0.556. The maximum absolute atomic E-state index is 11.7. The molecule has 0 saturated heterocycles. The molecule has 6 heteroatoms. The Kier molecular flexibility index (Phi) is 6.31. The summed E-state index contributed by atoms with van der Waals surface area (Å²) < 4.78 is 29.1. The quantitative estimate of drug-likeness (QED) is 0.782. The molecule has 0 atom stereocenters. The Morgan fingerprint density at radius 2 is 2.33 bits per heavy atom. The lowest BCUT2D eigenvalue weighted by Gasteiger charge is -2.04. The lowest BCUT2D eigenvalue weighted by Crippen LogP contribution is -2.20. The molecule has 86 valence electrons. The topological polar surface area (TPSA) is 21.3 Å². The Balaban J connectivity index is 2.00. The number of hydrogen-bond acceptors (Lipinski definition) is 3. The average Bonchev–Trinajstić information content (AvgIpc) is 2.57. The highest BCUT2D eigenvalue weighted by Gasteiger charge is 2.02. The molecule has 0 aliphatic rings. The van der Waals surface area contributed by atoms with Gasteiger partial charge >= 0.3 is 0 Å². The lowest BCUT2D eigenvalue weighted by atomic mass is 10.4. The maximum Gasteiger partial charge on any atom is 0.261 e. The number of hydrogen-bond donors (Lipinski definition) is 1. The highest BCUT2D eigenvalue weighted by molar-refractivity contribution is 9.10. The number of nitrogens with one attached hydrogen (secondary N) is 1. The van der Waals surface area contributed by atoms with Gasteiger partial charge in [0.2, 0.25) is 0 Å². The van der Waals surface area contributed by atoms with Crippen molar-refractivity contribution in [1.82, 2.24) is 5.32 Å². The molecule has 0 aromatic carbocycles. The van der Waals surface area contributed by atoms with Crippen molar-refractivity contribution in [2.75, 3.05) is 19.8 Å². The van der Waals surface area contributed by atoms with Crippen molar-refractivity contribution in [2.45, 2.75) is 13.0 Å². The first-order valence-corrected chi connectivity index (χ1v) is 6.16. The Hall–Kier alpha value is -0.0400. The number of ether oxygens (including phenoxy) is 1. The summed E-state index contributed by atoms with van der Waals surface area (Å²) in [5, 5.41) is 5.11. The van der Waals surface area contributed by atoms with Gasteiger partial charge in [-0.05, 0) is 27.4 Å². The molecule has 0 bridgehead atoms. The van der Waals surface area contributed by atoms with Crippen LogP contribution in [0.4, 0.5) is 8.78 Å². The summed E-state index contributed by atoms with van der Waals surface area (Å²) in [5.74, 6) is 0. The molecule has 15 heavy (non-hydrogen) atoms. The zero-order valence-electron chi connectivity index (χ0n) is 8.01. The standard InChI is InChI=1S/C9H12BrF2NOS/c10-7-1-4-15-8(7)5-13-2-3-14-6-9(11)12/h1,4,9,13H,2-3,5-6H2. The second-order valence-corrected chi connectivity index (χ2v) is 4.69. The van der Waals surface area contributed by atoms with Crippen LogP contribution in [-0.2, 0) is 11.3 Å². The molecule has 0 amide bonds. The molecule has 1 aromatic rings. The summed E-state index contributed by atoms with van der Waals surface area (Å²) in [4.78, 5) is 1.20. The SMILES string of the molecule is FC(F)COCCNCc1sccc1Br. The van der Waals surface area contributed by atoms with Crippen LogP contribution in [0.5, 0.6) is 0 Å². The van der Waals surface area contributed by atoms with E-state index < -0.39 is 13.0 Å². The normalized spacial score (nSPS) is 11.2. The Morgan fingerprint density at radius 3 is 2.93 bits per heavy atom. The van der Waals surface area contributed by atoms with Crippen LogP contribution in [0.3, 0.4) is 0 Å². The second-order valence-electron chi connectivity index (χ2n) is 2.83. The van der Waals surface area contributed by atoms with Crippen LogP contribution >= 0.6 is 27.3 Å². The van der Waals surface area contributed by atoms with E-state index in [4.69, 9.17) is 4.74 Å². The van der Waals surface area contributed by atoms with Crippen LogP contribution < -0.4 is 5.32 Å². The van der Waals surface area contributed by atoms with E-state index in [2.05, 4.69) is 21.2 Å². The van der Waals surface area contributed by atoms with Crippen molar-refractivity contribution in [3.63, 3.8) is 0 Å². The van der Waals surface area contributed by atoms with Gasteiger partial charge in [-0.1, -0.05) is 0 Å². The van der Waals surface area contributed by atoms with Gasteiger partial charge in [0.15, 0.2) is 0 Å². The van der Waals surface area contributed by atoms with Crippen LogP contribution in [0.1, 0.15) is 4.88 Å². The van der Waals surface area contributed by atoms with Crippen LogP contribution in [-0.4, -0.2) is 26.2 Å². The highest BCUT2D eigenvalue weighted by atomic mass is 79.9. The van der Waals surface area contributed by atoms with Crippen molar-refractivity contribution in [1.29, 1.82) is 0 Å². The van der Waals surface area contributed by atoms with Crippen molar-refractivity contribution in [3.8, 4) is 0 Å². The first kappa shape index (κ1) is 13.0. The van der Waals surface area contributed by atoms with Crippen LogP contribution in [0, 0.1) is 0 Å². The van der Waals surface area contributed by atoms with Gasteiger partial charge in [0, 0.05) is 22.4 Å². The Morgan fingerprint density at radius 1 is 1.53 bits per heavy atom. The number of halogens is 3. The molecule has 0 aliphatic carbocycles. The summed E-state index contributed by atoms with van der Waals surface area (Å²) in [6, 6.07) is 1.98. The zero-order valence-corrected chi connectivity index (χ0v) is 10.4. The molecule has 0 saturated carbocycles. The van der Waals surface area contributed by atoms with E-state index in [1.807, 2.05) is 11.4 Å². The second kappa shape index (κ2) is 7.27. The molecule has 1 rings (SSSR count). The predicted molar refractivity (Wildman–Crippen MR) is 60.5 cm³/mol. The van der Waals surface area contributed by atoms with E-state index in [0.29, 0.717) is 13.2 Å².